The Labute approximate surface area is 159 Å². The third-order valence-corrected chi connectivity index (χ3v) is 5.65. The molecule has 0 bridgehead atoms. The van der Waals surface area contributed by atoms with Crippen LogP contribution >= 0.6 is 0 Å². The highest BCUT2D eigenvalue weighted by molar-refractivity contribution is 5.90. The van der Waals surface area contributed by atoms with E-state index in [2.05, 4.69) is 26.0 Å². The van der Waals surface area contributed by atoms with Crippen molar-refractivity contribution >= 4 is 23.4 Å². The van der Waals surface area contributed by atoms with E-state index < -0.39 is 12.2 Å². The number of piperidine rings is 1. The highest BCUT2D eigenvalue weighted by Crippen LogP contribution is 2.52. The highest BCUT2D eigenvalue weighted by Gasteiger charge is 2.56. The average Bonchev–Trinajstić information content (AvgIpc) is 3.16. The van der Waals surface area contributed by atoms with Crippen LogP contribution in [0.25, 0.3) is 0 Å². The van der Waals surface area contributed by atoms with Gasteiger partial charge in [-0.2, -0.15) is 10.2 Å². The van der Waals surface area contributed by atoms with Crippen LogP contribution < -0.4 is 15.1 Å². The number of cyclic esters (lactones) is 1. The molecule has 1 amide bonds. The van der Waals surface area contributed by atoms with E-state index in [0.717, 1.165) is 0 Å². The number of benzene rings is 1. The van der Waals surface area contributed by atoms with Crippen molar-refractivity contribution in [3.63, 3.8) is 0 Å². The van der Waals surface area contributed by atoms with Gasteiger partial charge < -0.3 is 19.5 Å². The predicted octanol–water partition coefficient (Wildman–Crippen LogP) is 1.85. The monoisotopic (exact) mass is 384 g/mol. The molecule has 2 aliphatic heterocycles. The summed E-state index contributed by atoms with van der Waals surface area (Å²) in [5.74, 6) is 0.756. The van der Waals surface area contributed by atoms with E-state index in [0.29, 0.717) is 55.3 Å². The SMILES string of the molecule is N#CC1C2CN(c3ccc(N4C[C@H](CNc5ncon5)OC4=O)cc3F)CC12. The van der Waals surface area contributed by atoms with E-state index in [-0.39, 0.29) is 11.7 Å². The van der Waals surface area contributed by atoms with Gasteiger partial charge in [-0.1, -0.05) is 0 Å². The lowest BCUT2D eigenvalue weighted by atomic mass is 10.2. The van der Waals surface area contributed by atoms with Crippen LogP contribution in [0.2, 0.25) is 0 Å². The number of aromatic nitrogens is 2. The average molecular weight is 384 g/mol. The van der Waals surface area contributed by atoms with Gasteiger partial charge in [-0.15, -0.1) is 0 Å². The van der Waals surface area contributed by atoms with Crippen LogP contribution in [0.15, 0.2) is 29.1 Å². The molecule has 2 saturated heterocycles. The van der Waals surface area contributed by atoms with Gasteiger partial charge in [-0.3, -0.25) is 4.90 Å². The second-order valence-electron chi connectivity index (χ2n) is 7.28. The molecule has 1 aromatic carbocycles. The third kappa shape index (κ3) is 2.79. The molecule has 1 N–H and O–H groups in total. The minimum Gasteiger partial charge on any atom is -0.442 e. The number of rotatable bonds is 5. The van der Waals surface area contributed by atoms with E-state index in [1.807, 2.05) is 4.90 Å². The van der Waals surface area contributed by atoms with Crippen molar-refractivity contribution in [3.05, 3.63) is 30.4 Å². The maximum absolute atomic E-state index is 14.7. The summed E-state index contributed by atoms with van der Waals surface area (Å²) >= 11 is 0. The fourth-order valence-corrected chi connectivity index (χ4v) is 4.13. The molecular formula is C18H17FN6O3. The Bertz CT molecular complexity index is 933. The zero-order valence-electron chi connectivity index (χ0n) is 14.8. The number of nitriles is 1. The van der Waals surface area contributed by atoms with Crippen LogP contribution in [0.5, 0.6) is 0 Å². The van der Waals surface area contributed by atoms with E-state index in [9.17, 15) is 9.18 Å². The number of carbonyl (C=O) groups excluding carboxylic acids is 1. The lowest BCUT2D eigenvalue weighted by Crippen LogP contribution is -2.28. The van der Waals surface area contributed by atoms with Crippen molar-refractivity contribution in [1.29, 1.82) is 5.26 Å². The normalized spacial score (nSPS) is 28.1. The zero-order valence-corrected chi connectivity index (χ0v) is 14.8. The van der Waals surface area contributed by atoms with Crippen LogP contribution in [-0.4, -0.2) is 48.5 Å². The summed E-state index contributed by atoms with van der Waals surface area (Å²) in [4.78, 5) is 19.4. The van der Waals surface area contributed by atoms with Crippen LogP contribution in [-0.2, 0) is 4.74 Å². The Kier molecular flexibility index (Phi) is 3.82. The number of hydrogen-bond acceptors (Lipinski definition) is 8. The summed E-state index contributed by atoms with van der Waals surface area (Å²) < 4.78 is 24.7. The lowest BCUT2D eigenvalue weighted by Gasteiger charge is -2.23. The molecule has 5 rings (SSSR count). The third-order valence-electron chi connectivity index (χ3n) is 5.65. The molecule has 3 heterocycles. The number of fused-ring (bicyclic) bond motifs is 1. The number of hydrogen-bond donors (Lipinski definition) is 1. The van der Waals surface area contributed by atoms with Crippen LogP contribution in [0.4, 0.5) is 26.5 Å². The standard InChI is InChI=1S/C18H17FN6O3/c19-15-3-10(1-2-16(15)24-7-13-12(4-20)14(13)8-24)25-6-11(28-18(25)26)5-21-17-22-9-27-23-17/h1-3,9,11-14H,5-8H2,(H,21,23)/t11-,12?,13?,14?/m0/s1. The van der Waals surface area contributed by atoms with Gasteiger partial charge in [-0.25, -0.2) is 9.18 Å². The Morgan fingerprint density at radius 1 is 1.32 bits per heavy atom. The Balaban J connectivity index is 1.23. The number of nitrogens with one attached hydrogen (secondary N) is 1. The first-order valence-corrected chi connectivity index (χ1v) is 9.06. The number of amides is 1. The van der Waals surface area contributed by atoms with E-state index in [4.69, 9.17) is 10.00 Å². The van der Waals surface area contributed by atoms with E-state index >= 15 is 0 Å². The van der Waals surface area contributed by atoms with Crippen molar-refractivity contribution in [2.75, 3.05) is 41.3 Å². The van der Waals surface area contributed by atoms with Crippen LogP contribution in [0.1, 0.15) is 0 Å². The molecule has 0 radical (unpaired) electrons. The van der Waals surface area contributed by atoms with Crippen LogP contribution in [0, 0.1) is 34.9 Å². The maximum Gasteiger partial charge on any atom is 0.414 e. The van der Waals surface area contributed by atoms with Gasteiger partial charge >= 0.3 is 6.09 Å². The highest BCUT2D eigenvalue weighted by atomic mass is 19.1. The topological polar surface area (TPSA) is 108 Å². The second kappa shape index (κ2) is 6.37. The van der Waals surface area contributed by atoms with Gasteiger partial charge in [0.1, 0.15) is 11.9 Å². The maximum atomic E-state index is 14.7. The molecule has 2 aromatic rings. The number of nitrogens with zero attached hydrogens (tertiary/aromatic N) is 5. The van der Waals surface area contributed by atoms with Crippen LogP contribution in [0.3, 0.4) is 0 Å². The molecule has 144 valence electrons. The largest absolute Gasteiger partial charge is 0.442 e. The minimum atomic E-state index is -0.522. The molecule has 3 fully saturated rings. The first-order valence-electron chi connectivity index (χ1n) is 9.06. The summed E-state index contributed by atoms with van der Waals surface area (Å²) in [6.07, 6.45) is 0.262. The van der Waals surface area contributed by atoms with Crippen molar-refractivity contribution < 1.29 is 18.4 Å². The second-order valence-corrected chi connectivity index (χ2v) is 7.28. The fourth-order valence-electron chi connectivity index (χ4n) is 4.13. The molecule has 10 heteroatoms. The molecule has 0 spiro atoms. The van der Waals surface area contributed by atoms with E-state index in [1.54, 1.807) is 12.1 Å². The van der Waals surface area contributed by atoms with Gasteiger partial charge in [0.05, 0.1) is 36.5 Å². The minimum absolute atomic E-state index is 0.121. The predicted molar refractivity (Wildman–Crippen MR) is 95.1 cm³/mol. The first kappa shape index (κ1) is 16.8. The lowest BCUT2D eigenvalue weighted by molar-refractivity contribution is 0.147. The smallest absolute Gasteiger partial charge is 0.414 e. The summed E-state index contributed by atoms with van der Waals surface area (Å²) in [6, 6.07) is 7.08. The molecule has 1 aliphatic carbocycles. The Hall–Kier alpha value is -3.35. The first-order chi connectivity index (χ1) is 13.6. The summed E-state index contributed by atoms with van der Waals surface area (Å²) in [7, 11) is 0. The van der Waals surface area contributed by atoms with Crippen molar-refractivity contribution in [1.82, 2.24) is 10.1 Å². The molecule has 28 heavy (non-hydrogen) atoms. The number of anilines is 3. The van der Waals surface area contributed by atoms with Gasteiger partial charge in [-0.05, 0) is 35.2 Å². The van der Waals surface area contributed by atoms with E-state index in [1.165, 1.54) is 17.4 Å². The van der Waals surface area contributed by atoms with Gasteiger partial charge in [0.2, 0.25) is 6.39 Å². The summed E-state index contributed by atoms with van der Waals surface area (Å²) in [5, 5.41) is 15.5. The Morgan fingerprint density at radius 2 is 2.14 bits per heavy atom. The van der Waals surface area contributed by atoms with Gasteiger partial charge in [0.15, 0.2) is 0 Å². The van der Waals surface area contributed by atoms with Crippen molar-refractivity contribution in [2.24, 2.45) is 17.8 Å². The molecule has 3 aliphatic rings. The van der Waals surface area contributed by atoms with Gasteiger partial charge in [0, 0.05) is 13.1 Å². The fraction of sp³-hybridized carbons (Fsp3) is 0.444. The number of carbonyl (C=O) groups is 1. The number of ether oxygens (including phenoxy) is 1. The molecule has 9 nitrogen and oxygen atoms in total. The number of halogens is 1. The van der Waals surface area contributed by atoms with Crippen molar-refractivity contribution in [2.45, 2.75) is 6.10 Å². The molecule has 1 aromatic heterocycles. The van der Waals surface area contributed by atoms with Gasteiger partial charge in [0.25, 0.3) is 5.95 Å². The summed E-state index contributed by atoms with van der Waals surface area (Å²) in [5.41, 5.74) is 0.961. The molecule has 3 atom stereocenters. The zero-order chi connectivity index (χ0) is 19.3. The molecule has 2 unspecified atom stereocenters. The van der Waals surface area contributed by atoms with Crippen molar-refractivity contribution in [3.8, 4) is 6.07 Å². The molecular weight excluding hydrogens is 367 g/mol. The Morgan fingerprint density at radius 3 is 2.82 bits per heavy atom. The molecule has 1 saturated carbocycles. The summed E-state index contributed by atoms with van der Waals surface area (Å²) in [6.45, 7) is 2.02. The quantitative estimate of drug-likeness (QED) is 0.832.